The van der Waals surface area contributed by atoms with E-state index in [1.54, 1.807) is 19.1 Å². The van der Waals surface area contributed by atoms with Gasteiger partial charge < -0.3 is 5.32 Å². The monoisotopic (exact) mass is 324 g/mol. The summed E-state index contributed by atoms with van der Waals surface area (Å²) in [6.45, 7) is 2.10. The smallest absolute Gasteiger partial charge is 0.271 e. The third-order valence-electron chi connectivity index (χ3n) is 3.23. The van der Waals surface area contributed by atoms with Crippen molar-refractivity contribution in [3.05, 3.63) is 45.9 Å². The standard InChI is InChI=1S/C12H10BrFN4O/c1-12(8-4-7(13)2-3-9(8)14)6-18-10(5-15-17-18)11(19)16-12/h2-5H,6H2,1H3,(H,16,19)/t12-/m0/s1. The summed E-state index contributed by atoms with van der Waals surface area (Å²) < 4.78 is 16.2. The van der Waals surface area contributed by atoms with Crippen LogP contribution >= 0.6 is 15.9 Å². The first kappa shape index (κ1) is 12.3. The van der Waals surface area contributed by atoms with Gasteiger partial charge in [-0.2, -0.15) is 0 Å². The van der Waals surface area contributed by atoms with E-state index >= 15 is 0 Å². The molecule has 2 heterocycles. The first-order valence-electron chi connectivity index (χ1n) is 5.66. The van der Waals surface area contributed by atoms with Gasteiger partial charge in [0, 0.05) is 10.0 Å². The van der Waals surface area contributed by atoms with Crippen molar-refractivity contribution in [3.8, 4) is 0 Å². The summed E-state index contributed by atoms with van der Waals surface area (Å²) in [6, 6.07) is 4.65. The number of carbonyl (C=O) groups excluding carboxylic acids is 1. The minimum Gasteiger partial charge on any atom is -0.339 e. The van der Waals surface area contributed by atoms with Crippen LogP contribution in [0.25, 0.3) is 0 Å². The Morgan fingerprint density at radius 3 is 3.11 bits per heavy atom. The van der Waals surface area contributed by atoms with Gasteiger partial charge >= 0.3 is 0 Å². The zero-order valence-corrected chi connectivity index (χ0v) is 11.6. The highest BCUT2D eigenvalue weighted by molar-refractivity contribution is 9.10. The van der Waals surface area contributed by atoms with Crippen LogP contribution in [0.1, 0.15) is 23.0 Å². The number of benzene rings is 1. The molecule has 5 nitrogen and oxygen atoms in total. The molecule has 0 aliphatic carbocycles. The van der Waals surface area contributed by atoms with Crippen LogP contribution in [-0.4, -0.2) is 20.9 Å². The fourth-order valence-corrected chi connectivity index (χ4v) is 2.64. The number of aromatic nitrogens is 3. The van der Waals surface area contributed by atoms with Crippen LogP contribution in [-0.2, 0) is 12.1 Å². The molecule has 0 saturated heterocycles. The predicted octanol–water partition coefficient (Wildman–Crippen LogP) is 1.84. The van der Waals surface area contributed by atoms with Crippen molar-refractivity contribution in [2.75, 3.05) is 0 Å². The van der Waals surface area contributed by atoms with E-state index in [1.165, 1.54) is 16.9 Å². The molecule has 19 heavy (non-hydrogen) atoms. The molecule has 2 aromatic rings. The van der Waals surface area contributed by atoms with Gasteiger partial charge in [-0.25, -0.2) is 9.07 Å². The Kier molecular flexibility index (Phi) is 2.67. The molecular weight excluding hydrogens is 315 g/mol. The fraction of sp³-hybridized carbons (Fsp3) is 0.250. The summed E-state index contributed by atoms with van der Waals surface area (Å²) in [7, 11) is 0. The van der Waals surface area contributed by atoms with E-state index in [2.05, 4.69) is 31.6 Å². The first-order valence-corrected chi connectivity index (χ1v) is 6.45. The van der Waals surface area contributed by atoms with Crippen molar-refractivity contribution in [3.63, 3.8) is 0 Å². The molecule has 0 radical (unpaired) electrons. The van der Waals surface area contributed by atoms with Gasteiger partial charge in [-0.15, -0.1) is 5.10 Å². The van der Waals surface area contributed by atoms with Gasteiger partial charge in [-0.05, 0) is 25.1 Å². The molecule has 0 bridgehead atoms. The van der Waals surface area contributed by atoms with E-state index in [0.717, 1.165) is 4.47 Å². The summed E-state index contributed by atoms with van der Waals surface area (Å²) >= 11 is 3.31. The highest BCUT2D eigenvalue weighted by Crippen LogP contribution is 2.30. The molecule has 1 aromatic heterocycles. The van der Waals surface area contributed by atoms with Crippen molar-refractivity contribution < 1.29 is 9.18 Å². The number of amides is 1. The van der Waals surface area contributed by atoms with Gasteiger partial charge in [0.15, 0.2) is 0 Å². The maximum absolute atomic E-state index is 14.0. The molecule has 1 amide bonds. The lowest BCUT2D eigenvalue weighted by molar-refractivity contribution is 0.0836. The van der Waals surface area contributed by atoms with Crippen molar-refractivity contribution in [1.29, 1.82) is 0 Å². The Labute approximate surface area is 116 Å². The lowest BCUT2D eigenvalue weighted by Gasteiger charge is -2.35. The maximum atomic E-state index is 14.0. The van der Waals surface area contributed by atoms with Crippen LogP contribution in [0.15, 0.2) is 28.9 Å². The van der Waals surface area contributed by atoms with Gasteiger partial charge in [-0.3, -0.25) is 4.79 Å². The average Bonchev–Trinajstić information content (AvgIpc) is 2.80. The normalized spacial score (nSPS) is 21.9. The van der Waals surface area contributed by atoms with Crippen molar-refractivity contribution in [1.82, 2.24) is 20.3 Å². The second kappa shape index (κ2) is 4.12. The summed E-state index contributed by atoms with van der Waals surface area (Å²) in [4.78, 5) is 12.0. The molecule has 0 spiro atoms. The SMILES string of the molecule is C[C@@]1(c2cc(Br)ccc2F)Cn2nncc2C(=O)N1. The maximum Gasteiger partial charge on any atom is 0.271 e. The first-order chi connectivity index (χ1) is 8.99. The number of rotatable bonds is 1. The van der Waals surface area contributed by atoms with Crippen LogP contribution in [0.4, 0.5) is 4.39 Å². The molecule has 7 heteroatoms. The van der Waals surface area contributed by atoms with Crippen molar-refractivity contribution in [2.45, 2.75) is 19.0 Å². The molecule has 0 saturated carbocycles. The lowest BCUT2D eigenvalue weighted by Crippen LogP contribution is -2.52. The second-order valence-electron chi connectivity index (χ2n) is 4.69. The quantitative estimate of drug-likeness (QED) is 0.870. The summed E-state index contributed by atoms with van der Waals surface area (Å²) in [5.74, 6) is -0.673. The number of halogens is 2. The molecule has 98 valence electrons. The van der Waals surface area contributed by atoms with Crippen molar-refractivity contribution in [2.24, 2.45) is 0 Å². The summed E-state index contributed by atoms with van der Waals surface area (Å²) in [5.41, 5.74) is -0.0599. The zero-order valence-electron chi connectivity index (χ0n) is 10.0. The Balaban J connectivity index is 2.10. The van der Waals surface area contributed by atoms with Gasteiger partial charge in [0.05, 0.1) is 18.3 Å². The highest BCUT2D eigenvalue weighted by Gasteiger charge is 2.38. The number of carbonyl (C=O) groups is 1. The molecule has 0 fully saturated rings. The number of nitrogens with one attached hydrogen (secondary N) is 1. The van der Waals surface area contributed by atoms with E-state index in [0.29, 0.717) is 17.8 Å². The van der Waals surface area contributed by atoms with Gasteiger partial charge in [0.25, 0.3) is 5.91 Å². The topological polar surface area (TPSA) is 59.8 Å². The Morgan fingerprint density at radius 2 is 2.32 bits per heavy atom. The molecule has 3 rings (SSSR count). The number of hydrogen-bond donors (Lipinski definition) is 1. The number of nitrogens with zero attached hydrogens (tertiary/aromatic N) is 3. The van der Waals surface area contributed by atoms with Crippen molar-refractivity contribution >= 4 is 21.8 Å². The minimum absolute atomic E-state index is 0.307. The van der Waals surface area contributed by atoms with Crippen LogP contribution in [0.5, 0.6) is 0 Å². The van der Waals surface area contributed by atoms with Gasteiger partial charge in [0.2, 0.25) is 0 Å². The van der Waals surface area contributed by atoms with Gasteiger partial charge in [0.1, 0.15) is 11.5 Å². The zero-order chi connectivity index (χ0) is 13.6. The van der Waals surface area contributed by atoms with E-state index in [9.17, 15) is 9.18 Å². The number of hydrogen-bond acceptors (Lipinski definition) is 3. The van der Waals surface area contributed by atoms with E-state index in [1.807, 2.05) is 0 Å². The van der Waals surface area contributed by atoms with E-state index in [4.69, 9.17) is 0 Å². The Morgan fingerprint density at radius 1 is 1.53 bits per heavy atom. The molecule has 1 atom stereocenters. The van der Waals surface area contributed by atoms with E-state index < -0.39 is 5.54 Å². The third-order valence-corrected chi connectivity index (χ3v) is 3.72. The van der Waals surface area contributed by atoms with E-state index in [-0.39, 0.29) is 11.7 Å². The van der Waals surface area contributed by atoms with Gasteiger partial charge in [-0.1, -0.05) is 21.1 Å². The van der Waals surface area contributed by atoms with Crippen LogP contribution < -0.4 is 5.32 Å². The third kappa shape index (κ3) is 1.94. The highest BCUT2D eigenvalue weighted by atomic mass is 79.9. The summed E-state index contributed by atoms with van der Waals surface area (Å²) in [5, 5.41) is 10.4. The fourth-order valence-electron chi connectivity index (χ4n) is 2.28. The Bertz CT molecular complexity index is 671. The Hall–Kier alpha value is -1.76. The molecule has 1 aromatic carbocycles. The summed E-state index contributed by atoms with van der Waals surface area (Å²) in [6.07, 6.45) is 1.40. The molecule has 1 aliphatic rings. The van der Waals surface area contributed by atoms with Crippen LogP contribution in [0.3, 0.4) is 0 Å². The molecular formula is C12H10BrFN4O. The largest absolute Gasteiger partial charge is 0.339 e. The lowest BCUT2D eigenvalue weighted by atomic mass is 9.89. The average molecular weight is 325 g/mol. The van der Waals surface area contributed by atoms with Crippen LogP contribution in [0.2, 0.25) is 0 Å². The predicted molar refractivity (Wildman–Crippen MR) is 68.9 cm³/mol. The van der Waals surface area contributed by atoms with Crippen LogP contribution in [0, 0.1) is 5.82 Å². The number of fused-ring (bicyclic) bond motifs is 1. The minimum atomic E-state index is -0.856. The molecule has 1 aliphatic heterocycles. The second-order valence-corrected chi connectivity index (χ2v) is 5.60. The molecule has 0 unspecified atom stereocenters. The molecule has 1 N–H and O–H groups in total.